The van der Waals surface area contributed by atoms with Crippen LogP contribution in [0.25, 0.3) is 38.8 Å². The Labute approximate surface area is 480 Å². The van der Waals surface area contributed by atoms with Gasteiger partial charge in [-0.1, -0.05) is 202 Å². The van der Waals surface area contributed by atoms with E-state index in [0.717, 1.165) is 55.9 Å². The second-order valence-corrected chi connectivity index (χ2v) is 23.0. The Morgan fingerprint density at radius 3 is 1.66 bits per heavy atom. The van der Waals surface area contributed by atoms with E-state index in [1.165, 1.54) is 77.9 Å². The number of anilines is 4. The van der Waals surface area contributed by atoms with Gasteiger partial charge in [-0.05, 0) is 108 Å². The number of rotatable bonds is 6. The topological polar surface area (TPSA) is 33.5 Å². The van der Waals surface area contributed by atoms with E-state index in [4.69, 9.17) is 9.72 Å². The maximum Gasteiger partial charge on any atom is 0.140 e. The van der Waals surface area contributed by atoms with Crippen LogP contribution < -0.4 is 14.5 Å². The molecule has 80 heavy (non-hydrogen) atoms. The Kier molecular flexibility index (Phi) is 10.4. The van der Waals surface area contributed by atoms with Crippen LogP contribution in [0.2, 0.25) is 0 Å². The number of benzene rings is 10. The van der Waals surface area contributed by atoms with Gasteiger partial charge in [-0.3, -0.25) is 0 Å². The standard InChI is InChI=1S/C74H51N4O.Pt/c1-74(2,3)45-20-18-19-44(39-45)48-21-12-14-31-61(48)77-43-76(63-33-16-17-34-64(63)77)46-40-60-68-53-25-6-8-27-55(53)69(56-28-9-7-26-54(56)68)71(60)66(41-46)79-47-35-36-50-49-22-13-15-32-62(49)78(65(50)42-47)73-72-59(37-38-75-73)67-51-23-4-10-29-57(51)70(72)58-30-11-5-24-52(58)67;/h4-40,43,67-70H,1-3H3;/q-3;. The SMILES string of the molecule is CC(C)(C)c1cccc(-c2ccccc2N2[CH-]N(c3[c-]c(Oc4[c-]c5c(cc4)c4ccccc4n5-c4nccc5c4C4c6ccccc6C5c5ccccc54)c4c(c3)C3c5ccccc5C4c4ccccc43)c3ccccc32)c1.[Pt]. The number of nitrogens with zero attached hydrogens (tertiary/aromatic N) is 4. The molecule has 0 N–H and O–H groups in total. The Hall–Kier alpha value is -8.76. The van der Waals surface area contributed by atoms with Crippen LogP contribution in [0.1, 0.15) is 117 Å². The van der Waals surface area contributed by atoms with E-state index in [-0.39, 0.29) is 50.2 Å². The summed E-state index contributed by atoms with van der Waals surface area (Å²) >= 11 is 0. The van der Waals surface area contributed by atoms with Gasteiger partial charge in [0.15, 0.2) is 0 Å². The summed E-state index contributed by atoms with van der Waals surface area (Å²) in [5.41, 5.74) is 25.6. The molecule has 12 aromatic rings. The molecule has 0 atom stereocenters. The first kappa shape index (κ1) is 47.3. The van der Waals surface area contributed by atoms with Crippen molar-refractivity contribution in [2.45, 2.75) is 49.9 Å². The summed E-state index contributed by atoms with van der Waals surface area (Å²) in [5, 5.41) is 2.24. The van der Waals surface area contributed by atoms with E-state index in [2.05, 4.69) is 272 Å². The molecular weight excluding hydrogens is 1160 g/mol. The van der Waals surface area contributed by atoms with Crippen molar-refractivity contribution < 1.29 is 25.8 Å². The fourth-order valence-electron chi connectivity index (χ4n) is 14.5. The van der Waals surface area contributed by atoms with Crippen LogP contribution in [0.5, 0.6) is 11.5 Å². The Bertz CT molecular complexity index is 4470. The number of hydrogen-bond donors (Lipinski definition) is 0. The van der Waals surface area contributed by atoms with Crippen LogP contribution in [-0.2, 0) is 26.5 Å². The average molecular weight is 1210 g/mol. The molecular formula is C74H51N4OPt-3. The molecule has 0 unspecified atom stereocenters. The first-order valence-corrected chi connectivity index (χ1v) is 27.7. The van der Waals surface area contributed by atoms with Crippen molar-refractivity contribution in [1.82, 2.24) is 9.55 Å². The number of ether oxygens (including phenoxy) is 1. The summed E-state index contributed by atoms with van der Waals surface area (Å²) < 4.78 is 9.88. The van der Waals surface area contributed by atoms with Crippen LogP contribution in [0.3, 0.4) is 0 Å². The molecule has 6 heteroatoms. The summed E-state index contributed by atoms with van der Waals surface area (Å²) in [6, 6.07) is 88.2. The second kappa shape index (κ2) is 17.6. The Balaban J connectivity index is 0.00000531. The van der Waals surface area contributed by atoms with Crippen LogP contribution in [0.15, 0.2) is 225 Å². The van der Waals surface area contributed by atoms with E-state index >= 15 is 0 Å². The number of aromatic nitrogens is 2. The van der Waals surface area contributed by atoms with Crippen molar-refractivity contribution in [2.24, 2.45) is 0 Å². The summed E-state index contributed by atoms with van der Waals surface area (Å²) in [7, 11) is 0. The van der Waals surface area contributed by atoms with Gasteiger partial charge < -0.3 is 19.1 Å². The molecule has 6 aliphatic carbocycles. The Morgan fingerprint density at radius 2 is 1.01 bits per heavy atom. The third-order valence-corrected chi connectivity index (χ3v) is 17.8. The van der Waals surface area contributed by atoms with Crippen molar-refractivity contribution in [3.63, 3.8) is 0 Å². The van der Waals surface area contributed by atoms with Gasteiger partial charge in [0.25, 0.3) is 0 Å². The van der Waals surface area contributed by atoms with Gasteiger partial charge in [0.2, 0.25) is 0 Å². The van der Waals surface area contributed by atoms with Gasteiger partial charge in [0.05, 0.1) is 0 Å². The number of para-hydroxylation sites is 4. The van der Waals surface area contributed by atoms with E-state index < -0.39 is 0 Å². The molecule has 0 spiro atoms. The zero-order chi connectivity index (χ0) is 52.3. The average Bonchev–Trinajstić information content (AvgIpc) is 4.17. The van der Waals surface area contributed by atoms with Gasteiger partial charge in [-0.15, -0.1) is 47.6 Å². The zero-order valence-electron chi connectivity index (χ0n) is 44.3. The van der Waals surface area contributed by atoms with E-state index in [1.54, 1.807) is 0 Å². The van der Waals surface area contributed by atoms with Crippen molar-refractivity contribution in [2.75, 3.05) is 9.80 Å². The molecule has 1 aliphatic heterocycles. The molecule has 0 saturated carbocycles. The molecule has 386 valence electrons. The van der Waals surface area contributed by atoms with Gasteiger partial charge in [-0.25, -0.2) is 4.98 Å². The Morgan fingerprint density at radius 1 is 0.463 bits per heavy atom. The van der Waals surface area contributed by atoms with Crippen molar-refractivity contribution >= 4 is 44.6 Å². The number of fused-ring (bicyclic) bond motifs is 4. The minimum absolute atomic E-state index is 0. The predicted molar refractivity (Wildman–Crippen MR) is 318 cm³/mol. The monoisotopic (exact) mass is 1210 g/mol. The molecule has 5 nitrogen and oxygen atoms in total. The fraction of sp³-hybridized carbons (Fsp3) is 0.108. The van der Waals surface area contributed by atoms with Crippen molar-refractivity contribution in [3.05, 3.63) is 316 Å². The molecule has 7 aliphatic rings. The third-order valence-electron chi connectivity index (χ3n) is 17.8. The number of hydrogen-bond acceptors (Lipinski definition) is 4. The quantitative estimate of drug-likeness (QED) is 0.155. The molecule has 3 heterocycles. The maximum atomic E-state index is 7.53. The summed E-state index contributed by atoms with van der Waals surface area (Å²) in [6.07, 6.45) is 2.01. The summed E-state index contributed by atoms with van der Waals surface area (Å²) in [5.74, 6) is 2.37. The maximum absolute atomic E-state index is 7.53. The van der Waals surface area contributed by atoms with Crippen molar-refractivity contribution in [1.29, 1.82) is 0 Å². The predicted octanol–water partition coefficient (Wildman–Crippen LogP) is 17.9. The first-order valence-electron chi connectivity index (χ1n) is 27.7. The van der Waals surface area contributed by atoms with Gasteiger partial charge >= 0.3 is 0 Å². The van der Waals surface area contributed by atoms with Gasteiger partial charge in [0.1, 0.15) is 5.82 Å². The third kappa shape index (κ3) is 6.71. The second-order valence-electron chi connectivity index (χ2n) is 23.0. The number of pyridine rings is 1. The molecule has 0 fully saturated rings. The van der Waals surface area contributed by atoms with Crippen LogP contribution >= 0.6 is 0 Å². The van der Waals surface area contributed by atoms with Gasteiger partial charge in [0, 0.05) is 90.2 Å². The molecule has 10 aromatic carbocycles. The molecule has 4 bridgehead atoms. The van der Waals surface area contributed by atoms with E-state index in [9.17, 15) is 0 Å². The first-order chi connectivity index (χ1) is 38.9. The fourth-order valence-corrected chi connectivity index (χ4v) is 14.5. The molecule has 0 radical (unpaired) electrons. The van der Waals surface area contributed by atoms with Crippen LogP contribution in [-0.4, -0.2) is 9.55 Å². The zero-order valence-corrected chi connectivity index (χ0v) is 46.5. The van der Waals surface area contributed by atoms with Crippen LogP contribution in [0.4, 0.5) is 22.7 Å². The normalized spacial score (nSPS) is 17.5. The van der Waals surface area contributed by atoms with E-state index in [1.807, 2.05) is 6.20 Å². The molecule has 2 aromatic heterocycles. The largest absolute Gasteiger partial charge is 0.509 e. The minimum atomic E-state index is -0.0498. The van der Waals surface area contributed by atoms with E-state index in [0.29, 0.717) is 11.5 Å². The smallest absolute Gasteiger partial charge is 0.140 e. The molecule has 0 saturated heterocycles. The van der Waals surface area contributed by atoms with Crippen LogP contribution in [0, 0.1) is 18.8 Å². The summed E-state index contributed by atoms with van der Waals surface area (Å²) in [6.45, 7) is 9.08. The van der Waals surface area contributed by atoms with Gasteiger partial charge in [-0.2, -0.15) is 6.07 Å². The van der Waals surface area contributed by atoms with Crippen molar-refractivity contribution in [3.8, 4) is 28.4 Å². The minimum Gasteiger partial charge on any atom is -0.509 e. The molecule has 0 amide bonds. The summed E-state index contributed by atoms with van der Waals surface area (Å²) in [4.78, 5) is 10.0. The molecule has 19 rings (SSSR count).